The molecule has 4 aliphatic rings. The van der Waals surface area contributed by atoms with E-state index in [0.29, 0.717) is 11.3 Å². The van der Waals surface area contributed by atoms with E-state index < -0.39 is 0 Å². The van der Waals surface area contributed by atoms with Crippen LogP contribution in [0.5, 0.6) is 0 Å². The molecule has 1 aromatic heterocycles. The average Bonchev–Trinajstić information content (AvgIpc) is 2.82. The van der Waals surface area contributed by atoms with Gasteiger partial charge in [-0.05, 0) is 73.8 Å². The summed E-state index contributed by atoms with van der Waals surface area (Å²) in [7, 11) is 0. The molecule has 0 radical (unpaired) electrons. The standard InChI is InChI=1S/C17H21FN2OS/c18-15-2-1-14(22-15)10-19-20-16(21)9-17-6-11-3-12(7-17)5-13(4-11)8-17/h1-2,10-13H,3-9H2,(H,20,21). The molecule has 1 aromatic rings. The van der Waals surface area contributed by atoms with E-state index in [1.807, 2.05) is 0 Å². The van der Waals surface area contributed by atoms with Crippen molar-refractivity contribution in [3.05, 3.63) is 22.1 Å². The van der Waals surface area contributed by atoms with Crippen LogP contribution < -0.4 is 5.43 Å². The average molecular weight is 320 g/mol. The van der Waals surface area contributed by atoms with E-state index in [-0.39, 0.29) is 16.5 Å². The molecular formula is C17H21FN2OS. The minimum atomic E-state index is -0.235. The van der Waals surface area contributed by atoms with E-state index in [2.05, 4.69) is 10.5 Å². The SMILES string of the molecule is O=C(CC12CC3CC(CC(C3)C1)C2)NN=Cc1ccc(F)s1. The van der Waals surface area contributed by atoms with Gasteiger partial charge in [0, 0.05) is 6.42 Å². The highest BCUT2D eigenvalue weighted by Gasteiger charge is 2.51. The molecule has 5 heteroatoms. The van der Waals surface area contributed by atoms with E-state index >= 15 is 0 Å². The molecule has 0 atom stereocenters. The minimum Gasteiger partial charge on any atom is -0.273 e. The normalized spacial score (nSPS) is 36.1. The maximum Gasteiger partial charge on any atom is 0.240 e. The molecule has 4 saturated carbocycles. The van der Waals surface area contributed by atoms with Crippen molar-refractivity contribution in [2.75, 3.05) is 0 Å². The number of nitrogens with one attached hydrogen (secondary N) is 1. The van der Waals surface area contributed by atoms with Crippen molar-refractivity contribution >= 4 is 23.5 Å². The second kappa shape index (κ2) is 5.44. The Morgan fingerprint density at radius 3 is 2.45 bits per heavy atom. The Hall–Kier alpha value is -1.23. The van der Waals surface area contributed by atoms with Gasteiger partial charge < -0.3 is 0 Å². The smallest absolute Gasteiger partial charge is 0.240 e. The Kier molecular flexibility index (Phi) is 3.56. The van der Waals surface area contributed by atoms with Crippen molar-refractivity contribution in [2.45, 2.75) is 44.9 Å². The quantitative estimate of drug-likeness (QED) is 0.662. The van der Waals surface area contributed by atoms with Crippen molar-refractivity contribution in [3.63, 3.8) is 0 Å². The lowest BCUT2D eigenvalue weighted by Gasteiger charge is -2.56. The molecule has 0 unspecified atom stereocenters. The first-order valence-corrected chi connectivity index (χ1v) is 8.99. The zero-order valence-electron chi connectivity index (χ0n) is 12.6. The minimum absolute atomic E-state index is 0.00947. The molecule has 118 valence electrons. The summed E-state index contributed by atoms with van der Waals surface area (Å²) in [4.78, 5) is 12.9. The lowest BCUT2D eigenvalue weighted by atomic mass is 9.49. The number of carbonyl (C=O) groups is 1. The Bertz CT molecular complexity index is 574. The number of nitrogens with zero attached hydrogens (tertiary/aromatic N) is 1. The highest BCUT2D eigenvalue weighted by Crippen LogP contribution is 2.61. The molecule has 5 rings (SSSR count). The number of rotatable bonds is 4. The number of carbonyl (C=O) groups excluding carboxylic acids is 1. The van der Waals surface area contributed by atoms with E-state index in [0.717, 1.165) is 29.1 Å². The van der Waals surface area contributed by atoms with Gasteiger partial charge in [-0.3, -0.25) is 4.79 Å². The Labute approximate surface area is 134 Å². The van der Waals surface area contributed by atoms with Gasteiger partial charge in [-0.25, -0.2) is 5.43 Å². The van der Waals surface area contributed by atoms with Crippen LogP contribution in [0.3, 0.4) is 0 Å². The van der Waals surface area contributed by atoms with Crippen molar-refractivity contribution in [3.8, 4) is 0 Å². The van der Waals surface area contributed by atoms with E-state index in [1.54, 1.807) is 6.07 Å². The number of hydrazone groups is 1. The molecule has 1 N–H and O–H groups in total. The van der Waals surface area contributed by atoms with Gasteiger partial charge in [-0.15, -0.1) is 11.3 Å². The van der Waals surface area contributed by atoms with Crippen LogP contribution in [0.25, 0.3) is 0 Å². The van der Waals surface area contributed by atoms with Gasteiger partial charge in [-0.2, -0.15) is 9.49 Å². The Balaban J connectivity index is 1.35. The third kappa shape index (κ3) is 2.83. The predicted octanol–water partition coefficient (Wildman–Crippen LogP) is 3.94. The lowest BCUT2D eigenvalue weighted by Crippen LogP contribution is -2.47. The fourth-order valence-corrected chi connectivity index (χ4v) is 6.05. The van der Waals surface area contributed by atoms with E-state index in [9.17, 15) is 9.18 Å². The van der Waals surface area contributed by atoms with Gasteiger partial charge in [0.25, 0.3) is 0 Å². The monoisotopic (exact) mass is 320 g/mol. The van der Waals surface area contributed by atoms with Crippen LogP contribution in [0, 0.1) is 28.3 Å². The number of amides is 1. The zero-order valence-corrected chi connectivity index (χ0v) is 13.4. The first-order valence-electron chi connectivity index (χ1n) is 8.17. The van der Waals surface area contributed by atoms with Crippen molar-refractivity contribution in [1.29, 1.82) is 0 Å². The third-order valence-corrected chi connectivity index (χ3v) is 6.48. The highest BCUT2D eigenvalue weighted by atomic mass is 32.1. The molecule has 3 nitrogen and oxygen atoms in total. The molecule has 4 aliphatic carbocycles. The summed E-state index contributed by atoms with van der Waals surface area (Å²) in [6, 6.07) is 3.07. The number of thiophene rings is 1. The van der Waals surface area contributed by atoms with Gasteiger partial charge >= 0.3 is 0 Å². The summed E-state index contributed by atoms with van der Waals surface area (Å²) in [6.07, 6.45) is 9.98. The first-order chi connectivity index (χ1) is 10.6. The first kappa shape index (κ1) is 14.4. The number of halogens is 1. The topological polar surface area (TPSA) is 41.5 Å². The second-order valence-corrected chi connectivity index (χ2v) is 8.59. The third-order valence-electron chi connectivity index (χ3n) is 5.68. The summed E-state index contributed by atoms with van der Waals surface area (Å²) < 4.78 is 12.9. The molecule has 1 heterocycles. The summed E-state index contributed by atoms with van der Waals surface area (Å²) in [5, 5.41) is 3.74. The fourth-order valence-electron chi connectivity index (χ4n) is 5.45. The molecule has 0 aromatic carbocycles. The largest absolute Gasteiger partial charge is 0.273 e. The zero-order chi connectivity index (χ0) is 15.2. The maximum atomic E-state index is 12.9. The van der Waals surface area contributed by atoms with Gasteiger partial charge in [0.2, 0.25) is 5.91 Å². The second-order valence-electron chi connectivity index (χ2n) is 7.53. The lowest BCUT2D eigenvalue weighted by molar-refractivity contribution is -0.129. The highest BCUT2D eigenvalue weighted by molar-refractivity contribution is 7.12. The summed E-state index contributed by atoms with van der Waals surface area (Å²) >= 11 is 1.03. The molecular weight excluding hydrogens is 299 g/mol. The van der Waals surface area contributed by atoms with Gasteiger partial charge in [-0.1, -0.05) is 0 Å². The fraction of sp³-hybridized carbons (Fsp3) is 0.647. The van der Waals surface area contributed by atoms with Crippen molar-refractivity contribution < 1.29 is 9.18 Å². The van der Waals surface area contributed by atoms with Crippen LogP contribution in [0.2, 0.25) is 0 Å². The summed E-state index contributed by atoms with van der Waals surface area (Å²) in [5.41, 5.74) is 2.87. The van der Waals surface area contributed by atoms with Crippen LogP contribution >= 0.6 is 11.3 Å². The Morgan fingerprint density at radius 1 is 1.27 bits per heavy atom. The molecule has 0 aliphatic heterocycles. The van der Waals surface area contributed by atoms with Crippen LogP contribution in [-0.2, 0) is 4.79 Å². The Morgan fingerprint density at radius 2 is 1.91 bits per heavy atom. The molecule has 4 bridgehead atoms. The van der Waals surface area contributed by atoms with Gasteiger partial charge in [0.05, 0.1) is 11.1 Å². The molecule has 0 spiro atoms. The molecule has 22 heavy (non-hydrogen) atoms. The van der Waals surface area contributed by atoms with Crippen LogP contribution in [0.4, 0.5) is 4.39 Å². The van der Waals surface area contributed by atoms with Crippen molar-refractivity contribution in [1.82, 2.24) is 5.43 Å². The molecule has 0 saturated heterocycles. The van der Waals surface area contributed by atoms with Crippen LogP contribution in [0.15, 0.2) is 17.2 Å². The maximum absolute atomic E-state index is 12.9. The predicted molar refractivity (Wildman–Crippen MR) is 85.2 cm³/mol. The van der Waals surface area contributed by atoms with Crippen LogP contribution in [0.1, 0.15) is 49.8 Å². The van der Waals surface area contributed by atoms with Gasteiger partial charge in [0.15, 0.2) is 5.13 Å². The summed E-state index contributed by atoms with van der Waals surface area (Å²) in [6.45, 7) is 0. The molecule has 4 fully saturated rings. The van der Waals surface area contributed by atoms with E-state index in [4.69, 9.17) is 0 Å². The van der Waals surface area contributed by atoms with E-state index in [1.165, 1.54) is 50.8 Å². The van der Waals surface area contributed by atoms with Crippen molar-refractivity contribution in [2.24, 2.45) is 28.3 Å². The van der Waals surface area contributed by atoms with Gasteiger partial charge in [0.1, 0.15) is 0 Å². The number of hydrogen-bond donors (Lipinski definition) is 1. The molecule has 1 amide bonds. The van der Waals surface area contributed by atoms with Crippen LogP contribution in [-0.4, -0.2) is 12.1 Å². The summed E-state index contributed by atoms with van der Waals surface area (Å²) in [5.74, 6) is 2.58. The number of hydrogen-bond acceptors (Lipinski definition) is 3.